The fourth-order valence-electron chi connectivity index (χ4n) is 1.88. The van der Waals surface area contributed by atoms with E-state index in [4.69, 9.17) is 9.47 Å². The number of methoxy groups -OCH3 is 1. The molecule has 0 aliphatic rings. The average molecular weight is 350 g/mol. The minimum Gasteiger partial charge on any atom is -0.492 e. The highest BCUT2D eigenvalue weighted by Crippen LogP contribution is 2.17. The number of guanidine groups is 1. The van der Waals surface area contributed by atoms with Gasteiger partial charge in [0.1, 0.15) is 12.4 Å². The molecule has 3 N–H and O–H groups in total. The van der Waals surface area contributed by atoms with Crippen molar-refractivity contribution in [1.29, 1.82) is 0 Å². The molecule has 0 aliphatic heterocycles. The molecule has 1 rings (SSSR count). The lowest BCUT2D eigenvalue weighted by atomic mass is 10.1. The fourth-order valence-corrected chi connectivity index (χ4v) is 1.88. The quantitative estimate of drug-likeness (QED) is 0.360. The molecule has 0 fully saturated rings. The first kappa shape index (κ1) is 20.8. The van der Waals surface area contributed by atoms with Crippen molar-refractivity contribution >= 4 is 17.6 Å². The molecule has 0 aliphatic carbocycles. The van der Waals surface area contributed by atoms with E-state index in [9.17, 15) is 4.79 Å². The van der Waals surface area contributed by atoms with Gasteiger partial charge in [0.05, 0.1) is 18.7 Å². The SMILES string of the molecule is CCNC(=NCC(C)(C)OC)NCCOc1cccc(NC(C)=O)c1. The van der Waals surface area contributed by atoms with Crippen LogP contribution in [0.15, 0.2) is 29.3 Å². The van der Waals surface area contributed by atoms with Crippen LogP contribution in [0.2, 0.25) is 0 Å². The summed E-state index contributed by atoms with van der Waals surface area (Å²) >= 11 is 0. The van der Waals surface area contributed by atoms with Gasteiger partial charge in [0.15, 0.2) is 5.96 Å². The molecule has 0 radical (unpaired) electrons. The topological polar surface area (TPSA) is 84.0 Å². The van der Waals surface area contributed by atoms with E-state index in [2.05, 4.69) is 20.9 Å². The molecule has 0 saturated carbocycles. The summed E-state index contributed by atoms with van der Waals surface area (Å²) in [6.07, 6.45) is 0. The zero-order valence-corrected chi connectivity index (χ0v) is 15.8. The van der Waals surface area contributed by atoms with Gasteiger partial charge in [-0.2, -0.15) is 0 Å². The second-order valence-corrected chi connectivity index (χ2v) is 6.14. The van der Waals surface area contributed by atoms with E-state index in [1.165, 1.54) is 6.92 Å². The number of nitrogens with one attached hydrogen (secondary N) is 3. The van der Waals surface area contributed by atoms with Crippen LogP contribution in [0.5, 0.6) is 5.75 Å². The van der Waals surface area contributed by atoms with Crippen LogP contribution in [0, 0.1) is 0 Å². The normalized spacial score (nSPS) is 11.8. The highest BCUT2D eigenvalue weighted by Gasteiger charge is 2.15. The first-order valence-corrected chi connectivity index (χ1v) is 8.44. The summed E-state index contributed by atoms with van der Waals surface area (Å²) in [4.78, 5) is 15.6. The maximum Gasteiger partial charge on any atom is 0.221 e. The average Bonchev–Trinajstić information content (AvgIpc) is 2.56. The molecule has 0 saturated heterocycles. The van der Waals surface area contributed by atoms with Crippen molar-refractivity contribution in [2.45, 2.75) is 33.3 Å². The summed E-state index contributed by atoms with van der Waals surface area (Å²) in [6.45, 7) is 9.88. The number of carbonyl (C=O) groups excluding carboxylic acids is 1. The third-order valence-corrected chi connectivity index (χ3v) is 3.33. The Morgan fingerprint density at radius 2 is 2.04 bits per heavy atom. The Labute approximate surface area is 150 Å². The van der Waals surface area contributed by atoms with Crippen LogP contribution in [-0.2, 0) is 9.53 Å². The van der Waals surface area contributed by atoms with E-state index in [0.29, 0.717) is 25.4 Å². The zero-order valence-electron chi connectivity index (χ0n) is 15.8. The van der Waals surface area contributed by atoms with Gasteiger partial charge < -0.3 is 25.4 Å². The smallest absolute Gasteiger partial charge is 0.221 e. The van der Waals surface area contributed by atoms with E-state index in [-0.39, 0.29) is 11.5 Å². The molecule has 0 spiro atoms. The zero-order chi connectivity index (χ0) is 18.7. The molecule has 0 unspecified atom stereocenters. The molecule has 1 amide bonds. The standard InChI is InChI=1S/C18H30N4O3/c1-6-19-17(21-13-18(3,4)24-5)20-10-11-25-16-9-7-8-15(12-16)22-14(2)23/h7-9,12H,6,10-11,13H2,1-5H3,(H,22,23)(H2,19,20,21). The second-order valence-electron chi connectivity index (χ2n) is 6.14. The molecule has 1 aromatic carbocycles. The predicted octanol–water partition coefficient (Wildman–Crippen LogP) is 2.00. The number of carbonyl (C=O) groups is 1. The maximum atomic E-state index is 11.1. The van der Waals surface area contributed by atoms with Crippen molar-refractivity contribution in [3.8, 4) is 5.75 Å². The van der Waals surface area contributed by atoms with Gasteiger partial charge in [-0.3, -0.25) is 9.79 Å². The molecule has 0 atom stereocenters. The maximum absolute atomic E-state index is 11.1. The molecular weight excluding hydrogens is 320 g/mol. The molecule has 140 valence electrons. The van der Waals surface area contributed by atoms with Crippen molar-refractivity contribution in [2.75, 3.05) is 38.7 Å². The van der Waals surface area contributed by atoms with E-state index >= 15 is 0 Å². The molecule has 25 heavy (non-hydrogen) atoms. The second kappa shape index (κ2) is 10.6. The number of rotatable bonds is 9. The highest BCUT2D eigenvalue weighted by molar-refractivity contribution is 5.88. The van der Waals surface area contributed by atoms with Gasteiger partial charge in [-0.15, -0.1) is 0 Å². The number of benzene rings is 1. The summed E-state index contributed by atoms with van der Waals surface area (Å²) in [6, 6.07) is 7.31. The van der Waals surface area contributed by atoms with Gasteiger partial charge in [0.25, 0.3) is 0 Å². The van der Waals surface area contributed by atoms with Crippen molar-refractivity contribution in [1.82, 2.24) is 10.6 Å². The van der Waals surface area contributed by atoms with Gasteiger partial charge in [-0.1, -0.05) is 6.07 Å². The predicted molar refractivity (Wildman–Crippen MR) is 101 cm³/mol. The van der Waals surface area contributed by atoms with Crippen LogP contribution in [0.4, 0.5) is 5.69 Å². The third kappa shape index (κ3) is 8.95. The van der Waals surface area contributed by atoms with Crippen molar-refractivity contribution in [2.24, 2.45) is 4.99 Å². The van der Waals surface area contributed by atoms with Gasteiger partial charge >= 0.3 is 0 Å². The van der Waals surface area contributed by atoms with Gasteiger partial charge in [0, 0.05) is 32.3 Å². The Bertz CT molecular complexity index is 573. The molecule has 1 aromatic rings. The summed E-state index contributed by atoms with van der Waals surface area (Å²) in [7, 11) is 1.68. The Kier molecular flexibility index (Phi) is 8.77. The van der Waals surface area contributed by atoms with E-state index < -0.39 is 0 Å². The van der Waals surface area contributed by atoms with Crippen LogP contribution in [-0.4, -0.2) is 50.8 Å². The Morgan fingerprint density at radius 3 is 2.68 bits per heavy atom. The van der Waals surface area contributed by atoms with Crippen LogP contribution >= 0.6 is 0 Å². The summed E-state index contributed by atoms with van der Waals surface area (Å²) < 4.78 is 11.1. The molecule has 0 bridgehead atoms. The van der Waals surface area contributed by atoms with Crippen LogP contribution in [0.25, 0.3) is 0 Å². The van der Waals surface area contributed by atoms with E-state index in [1.807, 2.05) is 39.0 Å². The van der Waals surface area contributed by atoms with Gasteiger partial charge in [-0.25, -0.2) is 0 Å². The number of aliphatic imine (C=N–C) groups is 1. The number of anilines is 1. The molecule has 7 heteroatoms. The number of amides is 1. The number of nitrogens with zero attached hydrogens (tertiary/aromatic N) is 1. The first-order valence-electron chi connectivity index (χ1n) is 8.44. The molecule has 0 aromatic heterocycles. The van der Waals surface area contributed by atoms with Crippen molar-refractivity contribution in [3.63, 3.8) is 0 Å². The summed E-state index contributed by atoms with van der Waals surface area (Å²) in [5, 5.41) is 9.14. The fraction of sp³-hybridized carbons (Fsp3) is 0.556. The lowest BCUT2D eigenvalue weighted by Crippen LogP contribution is -2.40. The summed E-state index contributed by atoms with van der Waals surface area (Å²) in [5.74, 6) is 1.32. The lowest BCUT2D eigenvalue weighted by molar-refractivity contribution is -0.114. The Hall–Kier alpha value is -2.28. The van der Waals surface area contributed by atoms with Crippen molar-refractivity contribution in [3.05, 3.63) is 24.3 Å². The van der Waals surface area contributed by atoms with Crippen molar-refractivity contribution < 1.29 is 14.3 Å². The number of ether oxygens (including phenoxy) is 2. The first-order chi connectivity index (χ1) is 11.9. The van der Waals surface area contributed by atoms with E-state index in [0.717, 1.165) is 18.2 Å². The summed E-state index contributed by atoms with van der Waals surface area (Å²) in [5.41, 5.74) is 0.415. The van der Waals surface area contributed by atoms with Crippen LogP contribution in [0.1, 0.15) is 27.7 Å². The lowest BCUT2D eigenvalue weighted by Gasteiger charge is -2.21. The minimum absolute atomic E-state index is 0.107. The van der Waals surface area contributed by atoms with Gasteiger partial charge in [-0.05, 0) is 32.9 Å². The largest absolute Gasteiger partial charge is 0.492 e. The van der Waals surface area contributed by atoms with Crippen LogP contribution in [0.3, 0.4) is 0 Å². The number of hydrogen-bond donors (Lipinski definition) is 3. The number of hydrogen-bond acceptors (Lipinski definition) is 4. The minimum atomic E-state index is -0.303. The monoisotopic (exact) mass is 350 g/mol. The molecule has 0 heterocycles. The van der Waals surface area contributed by atoms with Crippen LogP contribution < -0.4 is 20.7 Å². The highest BCUT2D eigenvalue weighted by atomic mass is 16.5. The third-order valence-electron chi connectivity index (χ3n) is 3.33. The molecular formula is C18H30N4O3. The Morgan fingerprint density at radius 1 is 1.28 bits per heavy atom. The Balaban J connectivity index is 2.46. The van der Waals surface area contributed by atoms with Gasteiger partial charge in [0.2, 0.25) is 5.91 Å². The van der Waals surface area contributed by atoms with E-state index in [1.54, 1.807) is 13.2 Å². The molecule has 7 nitrogen and oxygen atoms in total.